The van der Waals surface area contributed by atoms with Gasteiger partial charge in [0.2, 0.25) is 0 Å². The fourth-order valence-corrected chi connectivity index (χ4v) is 2.08. The molecule has 0 spiro atoms. The van der Waals surface area contributed by atoms with Crippen LogP contribution in [0.2, 0.25) is 0 Å². The van der Waals surface area contributed by atoms with Gasteiger partial charge in [-0.05, 0) is 30.0 Å². The zero-order valence-electron chi connectivity index (χ0n) is 8.94. The normalized spacial score (nSPS) is 9.72. The number of carboxylic acid groups (broad SMARTS) is 1. The van der Waals surface area contributed by atoms with Gasteiger partial charge < -0.3 is 5.11 Å². The van der Waals surface area contributed by atoms with Gasteiger partial charge in [0.05, 0.1) is 17.3 Å². The summed E-state index contributed by atoms with van der Waals surface area (Å²) in [6.07, 6.45) is 2.89. The van der Waals surface area contributed by atoms with E-state index in [1.165, 1.54) is 30.6 Å². The largest absolute Gasteiger partial charge is 0.478 e. The predicted octanol–water partition coefficient (Wildman–Crippen LogP) is 1.59. The molecule has 0 unspecified atom stereocenters. The summed E-state index contributed by atoms with van der Waals surface area (Å²) >= 11 is 1.01. The van der Waals surface area contributed by atoms with E-state index >= 15 is 0 Å². The summed E-state index contributed by atoms with van der Waals surface area (Å²) in [5, 5.41) is 26.0. The van der Waals surface area contributed by atoms with E-state index in [9.17, 15) is 4.79 Å². The summed E-state index contributed by atoms with van der Waals surface area (Å²) in [6.45, 7) is 0. The third-order valence-electron chi connectivity index (χ3n) is 2.00. The molecule has 0 aliphatic carbocycles. The smallest absolute Gasteiger partial charge is 0.338 e. The molecule has 18 heavy (non-hydrogen) atoms. The van der Waals surface area contributed by atoms with Crippen LogP contribution in [0, 0.1) is 11.3 Å². The van der Waals surface area contributed by atoms with Crippen LogP contribution >= 0.6 is 11.8 Å². The average Bonchev–Trinajstić information content (AvgIpc) is 2.40. The molecule has 0 saturated carbocycles. The van der Waals surface area contributed by atoms with Crippen LogP contribution in [0.1, 0.15) is 15.9 Å². The zero-order chi connectivity index (χ0) is 13.0. The van der Waals surface area contributed by atoms with Crippen LogP contribution in [0.4, 0.5) is 0 Å². The van der Waals surface area contributed by atoms with Crippen LogP contribution < -0.4 is 0 Å². The second-order valence-corrected chi connectivity index (χ2v) is 4.10. The maximum atomic E-state index is 11.0. The Morgan fingerprint density at radius 3 is 2.89 bits per heavy atom. The lowest BCUT2D eigenvalue weighted by Crippen LogP contribution is -2.01. The lowest BCUT2D eigenvalue weighted by Gasteiger charge is -2.03. The molecule has 0 radical (unpaired) electrons. The molecular weight excluding hydrogens is 252 g/mol. The number of carbonyl (C=O) groups is 1. The summed E-state index contributed by atoms with van der Waals surface area (Å²) < 4.78 is 0. The Morgan fingerprint density at radius 1 is 1.33 bits per heavy atom. The lowest BCUT2D eigenvalue weighted by molar-refractivity contribution is 0.0692. The number of rotatable bonds is 3. The highest BCUT2D eigenvalue weighted by Gasteiger charge is 2.14. The second kappa shape index (κ2) is 5.25. The molecule has 0 saturated heterocycles. The molecule has 0 aromatic carbocycles. The first-order valence-electron chi connectivity index (χ1n) is 4.80. The van der Waals surface area contributed by atoms with E-state index in [-0.39, 0.29) is 10.6 Å². The van der Waals surface area contributed by atoms with E-state index < -0.39 is 5.97 Å². The minimum Gasteiger partial charge on any atom is -0.478 e. The number of hydrogen-bond acceptors (Lipinski definition) is 6. The number of aromatic carboxylic acids is 1. The maximum absolute atomic E-state index is 11.0. The Kier molecular flexibility index (Phi) is 3.50. The van der Waals surface area contributed by atoms with Crippen molar-refractivity contribution in [2.45, 2.75) is 10.1 Å². The Hall–Kier alpha value is -2.46. The number of nitriles is 1. The molecule has 1 N–H and O–H groups in total. The molecule has 6 nitrogen and oxygen atoms in total. The van der Waals surface area contributed by atoms with Crippen molar-refractivity contribution in [2.75, 3.05) is 0 Å². The summed E-state index contributed by atoms with van der Waals surface area (Å²) in [6, 6.07) is 6.46. The van der Waals surface area contributed by atoms with Gasteiger partial charge in [-0.2, -0.15) is 10.4 Å². The highest BCUT2D eigenvalue weighted by Crippen LogP contribution is 2.28. The number of aromatic nitrogens is 3. The monoisotopic (exact) mass is 258 g/mol. The van der Waals surface area contributed by atoms with Gasteiger partial charge in [0.25, 0.3) is 0 Å². The van der Waals surface area contributed by atoms with Crippen molar-refractivity contribution in [3.63, 3.8) is 0 Å². The van der Waals surface area contributed by atoms with Gasteiger partial charge in [0.15, 0.2) is 0 Å². The van der Waals surface area contributed by atoms with Crippen LogP contribution in [0.5, 0.6) is 0 Å². The van der Waals surface area contributed by atoms with E-state index in [4.69, 9.17) is 10.4 Å². The van der Waals surface area contributed by atoms with Crippen LogP contribution in [0.25, 0.3) is 0 Å². The van der Waals surface area contributed by atoms with Crippen molar-refractivity contribution in [3.05, 3.63) is 41.7 Å². The molecule has 0 atom stereocenters. The maximum Gasteiger partial charge on any atom is 0.338 e. The lowest BCUT2D eigenvalue weighted by atomic mass is 10.3. The van der Waals surface area contributed by atoms with E-state index in [0.29, 0.717) is 10.6 Å². The molecule has 88 valence electrons. The summed E-state index contributed by atoms with van der Waals surface area (Å²) in [5.41, 5.74) is 0.397. The van der Waals surface area contributed by atoms with Gasteiger partial charge in [-0.25, -0.2) is 9.78 Å². The second-order valence-electron chi connectivity index (χ2n) is 3.13. The van der Waals surface area contributed by atoms with Crippen LogP contribution in [-0.4, -0.2) is 26.3 Å². The number of pyridine rings is 1. The molecule has 2 aromatic rings. The fourth-order valence-electron chi connectivity index (χ4n) is 1.21. The quantitative estimate of drug-likeness (QED) is 0.892. The van der Waals surface area contributed by atoms with Crippen molar-refractivity contribution in [3.8, 4) is 6.07 Å². The summed E-state index contributed by atoms with van der Waals surface area (Å²) in [5.74, 6) is -1.08. The van der Waals surface area contributed by atoms with Gasteiger partial charge in [-0.15, -0.1) is 5.10 Å². The molecule has 0 amide bonds. The number of nitrogens with zero attached hydrogens (tertiary/aromatic N) is 4. The van der Waals surface area contributed by atoms with Crippen LogP contribution in [0.15, 0.2) is 40.6 Å². The molecule has 0 aliphatic heterocycles. The van der Waals surface area contributed by atoms with Gasteiger partial charge in [-0.1, -0.05) is 0 Å². The van der Waals surface area contributed by atoms with E-state index in [2.05, 4.69) is 15.2 Å². The van der Waals surface area contributed by atoms with Gasteiger partial charge in [-0.3, -0.25) is 0 Å². The topological polar surface area (TPSA) is 99.8 Å². The SMILES string of the molecule is N#Cc1ccnnc1Sc1ncccc1C(=O)O. The minimum absolute atomic E-state index is 0.0667. The third kappa shape index (κ3) is 2.44. The van der Waals surface area contributed by atoms with Crippen molar-refractivity contribution in [1.29, 1.82) is 5.26 Å². The summed E-state index contributed by atoms with van der Waals surface area (Å²) in [4.78, 5) is 15.0. The van der Waals surface area contributed by atoms with E-state index in [1.807, 2.05) is 6.07 Å². The number of carboxylic acids is 1. The Labute approximate surface area is 106 Å². The molecule has 0 bridgehead atoms. The van der Waals surface area contributed by atoms with Crippen molar-refractivity contribution in [1.82, 2.24) is 15.2 Å². The first-order chi connectivity index (χ1) is 8.72. The van der Waals surface area contributed by atoms with Gasteiger partial charge in [0, 0.05) is 6.20 Å². The van der Waals surface area contributed by atoms with Crippen molar-refractivity contribution in [2.24, 2.45) is 0 Å². The standard InChI is InChI=1S/C11H6N4O2S/c12-6-7-3-5-14-15-9(7)18-10-8(11(16)17)2-1-4-13-10/h1-5H,(H,16,17). The molecule has 0 aliphatic rings. The van der Waals surface area contributed by atoms with E-state index in [0.717, 1.165) is 11.8 Å². The van der Waals surface area contributed by atoms with E-state index in [1.54, 1.807) is 0 Å². The fraction of sp³-hybridized carbons (Fsp3) is 0. The van der Waals surface area contributed by atoms with Crippen LogP contribution in [-0.2, 0) is 0 Å². The Balaban J connectivity index is 2.41. The first kappa shape index (κ1) is 12.0. The van der Waals surface area contributed by atoms with Crippen molar-refractivity contribution < 1.29 is 9.90 Å². The molecular formula is C11H6N4O2S. The Morgan fingerprint density at radius 2 is 2.17 bits per heavy atom. The highest BCUT2D eigenvalue weighted by atomic mass is 32.2. The minimum atomic E-state index is -1.08. The molecule has 2 rings (SSSR count). The molecule has 2 aromatic heterocycles. The zero-order valence-corrected chi connectivity index (χ0v) is 9.76. The van der Waals surface area contributed by atoms with Crippen LogP contribution in [0.3, 0.4) is 0 Å². The van der Waals surface area contributed by atoms with Crippen molar-refractivity contribution >= 4 is 17.7 Å². The van der Waals surface area contributed by atoms with Gasteiger partial charge >= 0.3 is 5.97 Å². The Bertz CT molecular complexity index is 639. The third-order valence-corrected chi connectivity index (χ3v) is 3.02. The molecule has 0 fully saturated rings. The molecule has 7 heteroatoms. The first-order valence-corrected chi connectivity index (χ1v) is 5.62. The predicted molar refractivity (Wildman–Crippen MR) is 62.1 cm³/mol. The average molecular weight is 258 g/mol. The van der Waals surface area contributed by atoms with Gasteiger partial charge in [0.1, 0.15) is 16.1 Å². The number of hydrogen-bond donors (Lipinski definition) is 1. The summed E-state index contributed by atoms with van der Waals surface area (Å²) in [7, 11) is 0. The molecule has 2 heterocycles. The highest BCUT2D eigenvalue weighted by molar-refractivity contribution is 7.99.